The third-order valence-corrected chi connectivity index (χ3v) is 2.48. The van der Waals surface area contributed by atoms with Crippen LogP contribution < -0.4 is 11.1 Å². The maximum atomic E-state index is 13.4. The number of aromatic nitrogens is 1. The molecule has 2 rings (SSSR count). The van der Waals surface area contributed by atoms with Crippen molar-refractivity contribution in [1.82, 2.24) is 4.98 Å². The molecule has 0 atom stereocenters. The highest BCUT2D eigenvalue weighted by atomic mass is 19.1. The van der Waals surface area contributed by atoms with Gasteiger partial charge in [0.25, 0.3) is 5.91 Å². The number of carbonyl (C=O) groups is 1. The number of nitrogens with two attached hydrogens (primary N) is 1. The van der Waals surface area contributed by atoms with Gasteiger partial charge in [-0.2, -0.15) is 0 Å². The molecule has 6 heteroatoms. The fourth-order valence-corrected chi connectivity index (χ4v) is 1.47. The average Bonchev–Trinajstić information content (AvgIpc) is 2.42. The lowest BCUT2D eigenvalue weighted by Gasteiger charge is -2.06. The summed E-state index contributed by atoms with van der Waals surface area (Å²) in [5, 5.41) is 2.38. The van der Waals surface area contributed by atoms with Crippen molar-refractivity contribution in [2.24, 2.45) is 5.73 Å². The fourth-order valence-electron chi connectivity index (χ4n) is 1.47. The first kappa shape index (κ1) is 13.1. The second-order valence-electron chi connectivity index (χ2n) is 3.83. The van der Waals surface area contributed by atoms with Crippen LogP contribution in [0.1, 0.15) is 15.9 Å². The Bertz CT molecular complexity index is 599. The molecule has 0 unspecified atom stereocenters. The van der Waals surface area contributed by atoms with E-state index in [9.17, 15) is 13.6 Å². The van der Waals surface area contributed by atoms with Gasteiger partial charge < -0.3 is 11.1 Å². The van der Waals surface area contributed by atoms with Crippen molar-refractivity contribution in [3.8, 4) is 0 Å². The van der Waals surface area contributed by atoms with Gasteiger partial charge in [0, 0.05) is 12.7 Å². The summed E-state index contributed by atoms with van der Waals surface area (Å²) in [6.45, 7) is 0.333. The van der Waals surface area contributed by atoms with Crippen molar-refractivity contribution in [1.29, 1.82) is 0 Å². The van der Waals surface area contributed by atoms with Crippen LogP contribution in [0.2, 0.25) is 0 Å². The molecule has 1 aromatic carbocycles. The molecule has 2 aromatic rings. The van der Waals surface area contributed by atoms with Gasteiger partial charge in [-0.1, -0.05) is 6.07 Å². The molecule has 4 nitrogen and oxygen atoms in total. The molecule has 0 bridgehead atoms. The zero-order valence-electron chi connectivity index (χ0n) is 9.86. The van der Waals surface area contributed by atoms with Crippen LogP contribution >= 0.6 is 0 Å². The Labute approximate surface area is 108 Å². The summed E-state index contributed by atoms with van der Waals surface area (Å²) in [4.78, 5) is 15.7. The van der Waals surface area contributed by atoms with Gasteiger partial charge >= 0.3 is 0 Å². The van der Waals surface area contributed by atoms with E-state index in [0.29, 0.717) is 6.54 Å². The van der Waals surface area contributed by atoms with Crippen LogP contribution in [-0.4, -0.2) is 10.9 Å². The van der Waals surface area contributed by atoms with Gasteiger partial charge in [0.05, 0.1) is 5.56 Å². The number of carbonyl (C=O) groups excluding carboxylic acids is 1. The SMILES string of the molecule is NCc1ccc(NC(=O)c2cc(F)ccc2F)nc1. The summed E-state index contributed by atoms with van der Waals surface area (Å²) in [5.74, 6) is -1.99. The normalized spacial score (nSPS) is 10.3. The van der Waals surface area contributed by atoms with E-state index in [1.165, 1.54) is 12.3 Å². The van der Waals surface area contributed by atoms with E-state index in [1.807, 2.05) is 0 Å². The summed E-state index contributed by atoms with van der Waals surface area (Å²) in [6.07, 6.45) is 1.50. The summed E-state index contributed by atoms with van der Waals surface area (Å²) in [7, 11) is 0. The Morgan fingerprint density at radius 3 is 2.68 bits per heavy atom. The molecule has 0 radical (unpaired) electrons. The van der Waals surface area contributed by atoms with Crippen molar-refractivity contribution in [3.05, 3.63) is 59.3 Å². The molecule has 0 spiro atoms. The molecule has 98 valence electrons. The number of amides is 1. The second-order valence-corrected chi connectivity index (χ2v) is 3.83. The maximum Gasteiger partial charge on any atom is 0.259 e. The van der Waals surface area contributed by atoms with Gasteiger partial charge in [0.15, 0.2) is 0 Å². The Morgan fingerprint density at radius 1 is 1.26 bits per heavy atom. The lowest BCUT2D eigenvalue weighted by Crippen LogP contribution is -2.15. The zero-order valence-corrected chi connectivity index (χ0v) is 9.86. The monoisotopic (exact) mass is 263 g/mol. The zero-order chi connectivity index (χ0) is 13.8. The molecule has 0 aliphatic rings. The van der Waals surface area contributed by atoms with Gasteiger partial charge in [-0.15, -0.1) is 0 Å². The van der Waals surface area contributed by atoms with E-state index in [1.54, 1.807) is 6.07 Å². The van der Waals surface area contributed by atoms with Crippen LogP contribution in [0.25, 0.3) is 0 Å². The number of benzene rings is 1. The number of rotatable bonds is 3. The average molecular weight is 263 g/mol. The van der Waals surface area contributed by atoms with Crippen molar-refractivity contribution < 1.29 is 13.6 Å². The van der Waals surface area contributed by atoms with Crippen LogP contribution in [0.5, 0.6) is 0 Å². The van der Waals surface area contributed by atoms with Crippen molar-refractivity contribution in [3.63, 3.8) is 0 Å². The lowest BCUT2D eigenvalue weighted by atomic mass is 10.2. The van der Waals surface area contributed by atoms with E-state index >= 15 is 0 Å². The Balaban J connectivity index is 2.18. The minimum absolute atomic E-state index is 0.242. The second kappa shape index (κ2) is 5.53. The van der Waals surface area contributed by atoms with Crippen LogP contribution in [0.3, 0.4) is 0 Å². The highest BCUT2D eigenvalue weighted by molar-refractivity contribution is 6.03. The molecule has 1 heterocycles. The van der Waals surface area contributed by atoms with Gasteiger partial charge in [-0.25, -0.2) is 13.8 Å². The molecule has 0 aliphatic carbocycles. The molecule has 1 aromatic heterocycles. The van der Waals surface area contributed by atoms with Crippen molar-refractivity contribution in [2.45, 2.75) is 6.54 Å². The molecule has 3 N–H and O–H groups in total. The fraction of sp³-hybridized carbons (Fsp3) is 0.0769. The van der Waals surface area contributed by atoms with Gasteiger partial charge in [0.2, 0.25) is 0 Å². The highest BCUT2D eigenvalue weighted by Crippen LogP contribution is 2.12. The third-order valence-electron chi connectivity index (χ3n) is 2.48. The van der Waals surface area contributed by atoms with Crippen LogP contribution in [-0.2, 0) is 6.54 Å². The predicted molar refractivity (Wildman–Crippen MR) is 66.4 cm³/mol. The van der Waals surface area contributed by atoms with Gasteiger partial charge in [-0.05, 0) is 29.8 Å². The van der Waals surface area contributed by atoms with Crippen LogP contribution in [0.15, 0.2) is 36.5 Å². The van der Waals surface area contributed by atoms with Crippen molar-refractivity contribution in [2.75, 3.05) is 5.32 Å². The van der Waals surface area contributed by atoms with Gasteiger partial charge in [0.1, 0.15) is 17.5 Å². The summed E-state index contributed by atoms with van der Waals surface area (Å²) in [5.41, 5.74) is 5.84. The standard InChI is InChI=1S/C13H11F2N3O/c14-9-2-3-11(15)10(5-9)13(19)18-12-4-1-8(6-16)7-17-12/h1-5,7H,6,16H2,(H,17,18,19). The first-order valence-electron chi connectivity index (χ1n) is 5.51. The number of hydrogen-bond donors (Lipinski definition) is 2. The number of nitrogens with zero attached hydrogens (tertiary/aromatic N) is 1. The van der Waals surface area contributed by atoms with E-state index in [4.69, 9.17) is 5.73 Å². The molecule has 0 saturated heterocycles. The first-order valence-corrected chi connectivity index (χ1v) is 5.51. The largest absolute Gasteiger partial charge is 0.326 e. The topological polar surface area (TPSA) is 68.0 Å². The van der Waals surface area contributed by atoms with E-state index in [-0.39, 0.29) is 11.4 Å². The highest BCUT2D eigenvalue weighted by Gasteiger charge is 2.13. The molecule has 19 heavy (non-hydrogen) atoms. The van der Waals surface area contributed by atoms with E-state index in [0.717, 1.165) is 23.8 Å². The van der Waals surface area contributed by atoms with E-state index < -0.39 is 17.5 Å². The number of pyridine rings is 1. The molecule has 0 fully saturated rings. The molecular formula is C13H11F2N3O. The Kier molecular flexibility index (Phi) is 3.82. The third kappa shape index (κ3) is 3.11. The summed E-state index contributed by atoms with van der Waals surface area (Å²) in [6, 6.07) is 5.90. The first-order chi connectivity index (χ1) is 9.10. The Hall–Kier alpha value is -2.34. The van der Waals surface area contributed by atoms with Gasteiger partial charge in [-0.3, -0.25) is 4.79 Å². The minimum Gasteiger partial charge on any atom is -0.326 e. The molecule has 1 amide bonds. The van der Waals surface area contributed by atoms with Crippen LogP contribution in [0, 0.1) is 11.6 Å². The van der Waals surface area contributed by atoms with E-state index in [2.05, 4.69) is 10.3 Å². The number of hydrogen-bond acceptors (Lipinski definition) is 3. The number of halogens is 2. The number of nitrogens with one attached hydrogen (secondary N) is 1. The quantitative estimate of drug-likeness (QED) is 0.890. The summed E-state index contributed by atoms with van der Waals surface area (Å²) >= 11 is 0. The molecular weight excluding hydrogens is 252 g/mol. The summed E-state index contributed by atoms with van der Waals surface area (Å²) < 4.78 is 26.3. The minimum atomic E-state index is -0.794. The predicted octanol–water partition coefficient (Wildman–Crippen LogP) is 2.07. The molecule has 0 aliphatic heterocycles. The van der Waals surface area contributed by atoms with Crippen LogP contribution in [0.4, 0.5) is 14.6 Å². The molecule has 0 saturated carbocycles. The number of anilines is 1. The smallest absolute Gasteiger partial charge is 0.259 e. The maximum absolute atomic E-state index is 13.4. The van der Waals surface area contributed by atoms with Crippen molar-refractivity contribution >= 4 is 11.7 Å². The Morgan fingerprint density at radius 2 is 2.05 bits per heavy atom. The lowest BCUT2D eigenvalue weighted by molar-refractivity contribution is 0.102.